The van der Waals surface area contributed by atoms with Crippen LogP contribution in [0.1, 0.15) is 53.5 Å². The summed E-state index contributed by atoms with van der Waals surface area (Å²) in [6.45, 7) is 7.99. The van der Waals surface area contributed by atoms with E-state index in [1.807, 2.05) is 41.5 Å². The van der Waals surface area contributed by atoms with E-state index >= 15 is 0 Å². The summed E-state index contributed by atoms with van der Waals surface area (Å²) in [5, 5.41) is 4.54. The minimum Gasteiger partial charge on any atom is -0.486 e. The van der Waals surface area contributed by atoms with Crippen LogP contribution >= 0.6 is 0 Å². The number of aryl methyl sites for hydroxylation is 3. The Morgan fingerprint density at radius 3 is 2.77 bits per heavy atom. The van der Waals surface area contributed by atoms with Crippen LogP contribution in [-0.4, -0.2) is 45.2 Å². The summed E-state index contributed by atoms with van der Waals surface area (Å²) in [5.74, 6) is 1.75. The van der Waals surface area contributed by atoms with Gasteiger partial charge in [0.25, 0.3) is 0 Å². The van der Waals surface area contributed by atoms with Gasteiger partial charge in [-0.25, -0.2) is 9.50 Å². The number of carbonyl (C=O) groups is 1. The Morgan fingerprint density at radius 2 is 1.94 bits per heavy atom. The first kappa shape index (κ1) is 19.8. The topological polar surface area (TPSA) is 69.0 Å². The molecule has 5 rings (SSSR count). The summed E-state index contributed by atoms with van der Waals surface area (Å²) in [5.41, 5.74) is 6.08. The average Bonchev–Trinajstić information content (AvgIpc) is 3.39. The van der Waals surface area contributed by atoms with Crippen LogP contribution in [0.2, 0.25) is 0 Å². The van der Waals surface area contributed by atoms with E-state index in [9.17, 15) is 4.79 Å². The molecule has 162 valence electrons. The lowest BCUT2D eigenvalue weighted by Gasteiger charge is -2.27. The molecule has 0 spiro atoms. The molecule has 2 aliphatic heterocycles. The number of hydrogen-bond donors (Lipinski definition) is 0. The van der Waals surface area contributed by atoms with Crippen molar-refractivity contribution in [2.24, 2.45) is 0 Å². The number of likely N-dealkylation sites (tertiary alicyclic amines) is 1. The van der Waals surface area contributed by atoms with E-state index in [0.717, 1.165) is 64.7 Å². The number of rotatable bonds is 4. The van der Waals surface area contributed by atoms with Crippen LogP contribution in [-0.2, 0) is 11.2 Å². The summed E-state index contributed by atoms with van der Waals surface area (Å²) in [7, 11) is 0. The van der Waals surface area contributed by atoms with Crippen LogP contribution in [0.25, 0.3) is 5.65 Å². The Bertz CT molecular complexity index is 1150. The second-order valence-electron chi connectivity index (χ2n) is 8.47. The Kier molecular flexibility index (Phi) is 5.04. The van der Waals surface area contributed by atoms with Gasteiger partial charge < -0.3 is 14.4 Å². The number of amides is 1. The Balaban J connectivity index is 1.33. The quantitative estimate of drug-likeness (QED) is 0.643. The maximum absolute atomic E-state index is 13.2. The highest BCUT2D eigenvalue weighted by atomic mass is 16.6. The highest BCUT2D eigenvalue weighted by molar-refractivity contribution is 5.77. The lowest BCUT2D eigenvalue weighted by molar-refractivity contribution is -0.132. The first-order valence-electron chi connectivity index (χ1n) is 11.0. The third-order valence-electron chi connectivity index (χ3n) is 6.40. The molecule has 1 saturated heterocycles. The van der Waals surface area contributed by atoms with Crippen LogP contribution in [0.5, 0.6) is 11.5 Å². The molecule has 0 radical (unpaired) electrons. The molecule has 1 amide bonds. The number of benzene rings is 1. The van der Waals surface area contributed by atoms with Gasteiger partial charge in [0.15, 0.2) is 17.1 Å². The van der Waals surface area contributed by atoms with Crippen LogP contribution in [0.3, 0.4) is 0 Å². The van der Waals surface area contributed by atoms with Crippen molar-refractivity contribution in [3.05, 3.63) is 52.5 Å². The van der Waals surface area contributed by atoms with Crippen LogP contribution in [0.15, 0.2) is 24.3 Å². The van der Waals surface area contributed by atoms with Crippen LogP contribution in [0, 0.1) is 20.8 Å². The number of ether oxygens (including phenoxy) is 2. The fourth-order valence-corrected chi connectivity index (χ4v) is 4.86. The minimum absolute atomic E-state index is 0.0971. The highest BCUT2D eigenvalue weighted by Gasteiger charge is 2.31. The molecule has 1 fully saturated rings. The third-order valence-corrected chi connectivity index (χ3v) is 6.40. The zero-order chi connectivity index (χ0) is 21.5. The largest absolute Gasteiger partial charge is 0.486 e. The molecule has 7 heteroatoms. The van der Waals surface area contributed by atoms with Crippen molar-refractivity contribution in [2.75, 3.05) is 19.8 Å². The zero-order valence-corrected chi connectivity index (χ0v) is 18.4. The highest BCUT2D eigenvalue weighted by Crippen LogP contribution is 2.38. The Hall–Kier alpha value is -3.09. The standard InChI is InChI=1S/C24H28N4O3/c1-15-13-23-25-16(2)19(17(3)28(23)26-15)7-9-24(29)27-10-4-5-20(27)18-6-8-21-22(14-18)31-12-11-30-21/h6,8,13-14,20H,4-5,7,9-12H2,1-3H3. The Labute approximate surface area is 182 Å². The van der Waals surface area contributed by atoms with E-state index in [-0.39, 0.29) is 11.9 Å². The van der Waals surface area contributed by atoms with Gasteiger partial charge in [0, 0.05) is 30.4 Å². The van der Waals surface area contributed by atoms with E-state index in [2.05, 4.69) is 23.1 Å². The first-order chi connectivity index (χ1) is 15.0. The fourth-order valence-electron chi connectivity index (χ4n) is 4.86. The van der Waals surface area contributed by atoms with Gasteiger partial charge in [-0.05, 0) is 63.3 Å². The lowest BCUT2D eigenvalue weighted by atomic mass is 10.0. The average molecular weight is 421 g/mol. The maximum Gasteiger partial charge on any atom is 0.223 e. The molecule has 31 heavy (non-hydrogen) atoms. The molecular weight excluding hydrogens is 392 g/mol. The Morgan fingerprint density at radius 1 is 1.13 bits per heavy atom. The van der Waals surface area contributed by atoms with Gasteiger partial charge in [-0.15, -0.1) is 0 Å². The monoisotopic (exact) mass is 420 g/mol. The number of hydrogen-bond acceptors (Lipinski definition) is 5. The number of fused-ring (bicyclic) bond motifs is 2. The summed E-state index contributed by atoms with van der Waals surface area (Å²) in [6.07, 6.45) is 3.13. The molecule has 0 aliphatic carbocycles. The number of nitrogens with zero attached hydrogens (tertiary/aromatic N) is 4. The SMILES string of the molecule is Cc1cc2nc(C)c(CCC(=O)N3CCCC3c3ccc4c(c3)OCCO4)c(C)n2n1. The second kappa shape index (κ2) is 7.87. The van der Waals surface area contributed by atoms with E-state index in [0.29, 0.717) is 26.1 Å². The van der Waals surface area contributed by atoms with Gasteiger partial charge in [-0.3, -0.25) is 4.79 Å². The molecule has 4 heterocycles. The molecule has 0 saturated carbocycles. The second-order valence-corrected chi connectivity index (χ2v) is 8.47. The van der Waals surface area contributed by atoms with Gasteiger partial charge in [0.1, 0.15) is 13.2 Å². The summed E-state index contributed by atoms with van der Waals surface area (Å²) >= 11 is 0. The number of aromatic nitrogens is 3. The van der Waals surface area contributed by atoms with E-state index < -0.39 is 0 Å². The summed E-state index contributed by atoms with van der Waals surface area (Å²) in [6, 6.07) is 8.15. The van der Waals surface area contributed by atoms with Gasteiger partial charge >= 0.3 is 0 Å². The smallest absolute Gasteiger partial charge is 0.223 e. The molecule has 0 bridgehead atoms. The molecule has 3 aromatic rings. The number of carbonyl (C=O) groups excluding carboxylic acids is 1. The third kappa shape index (κ3) is 3.62. The van der Waals surface area contributed by atoms with Gasteiger partial charge in [-0.1, -0.05) is 6.07 Å². The molecule has 1 atom stereocenters. The minimum atomic E-state index is 0.0971. The van der Waals surface area contributed by atoms with Gasteiger partial charge in [0.2, 0.25) is 5.91 Å². The predicted molar refractivity (Wildman–Crippen MR) is 117 cm³/mol. The van der Waals surface area contributed by atoms with Crippen molar-refractivity contribution in [3.63, 3.8) is 0 Å². The van der Waals surface area contributed by atoms with Crippen molar-refractivity contribution < 1.29 is 14.3 Å². The zero-order valence-electron chi connectivity index (χ0n) is 18.4. The lowest BCUT2D eigenvalue weighted by Crippen LogP contribution is -2.31. The van der Waals surface area contributed by atoms with E-state index in [1.165, 1.54) is 0 Å². The molecule has 1 unspecified atom stereocenters. The molecule has 2 aromatic heterocycles. The molecule has 2 aliphatic rings. The van der Waals surface area contributed by atoms with E-state index in [1.54, 1.807) is 0 Å². The van der Waals surface area contributed by atoms with Crippen LogP contribution < -0.4 is 9.47 Å². The normalized spacial score (nSPS) is 18.0. The fraction of sp³-hybridized carbons (Fsp3) is 0.458. The molecule has 7 nitrogen and oxygen atoms in total. The maximum atomic E-state index is 13.2. The van der Waals surface area contributed by atoms with Crippen molar-refractivity contribution in [2.45, 2.75) is 52.5 Å². The van der Waals surface area contributed by atoms with Gasteiger partial charge in [-0.2, -0.15) is 5.10 Å². The van der Waals surface area contributed by atoms with E-state index in [4.69, 9.17) is 9.47 Å². The molecule has 1 aromatic carbocycles. The van der Waals surface area contributed by atoms with Crippen molar-refractivity contribution in [1.82, 2.24) is 19.5 Å². The summed E-state index contributed by atoms with van der Waals surface area (Å²) in [4.78, 5) is 19.9. The molecular formula is C24H28N4O3. The first-order valence-corrected chi connectivity index (χ1v) is 11.0. The molecule has 0 N–H and O–H groups in total. The predicted octanol–water partition coefficient (Wildman–Crippen LogP) is 3.72. The van der Waals surface area contributed by atoms with Gasteiger partial charge in [0.05, 0.1) is 11.7 Å². The van der Waals surface area contributed by atoms with Crippen molar-refractivity contribution in [3.8, 4) is 11.5 Å². The van der Waals surface area contributed by atoms with Crippen molar-refractivity contribution >= 4 is 11.6 Å². The van der Waals surface area contributed by atoms with Crippen molar-refractivity contribution in [1.29, 1.82) is 0 Å². The van der Waals surface area contributed by atoms with Crippen LogP contribution in [0.4, 0.5) is 0 Å². The summed E-state index contributed by atoms with van der Waals surface area (Å²) < 4.78 is 13.3.